The van der Waals surface area contributed by atoms with Crippen molar-refractivity contribution < 1.29 is 19.1 Å². The summed E-state index contributed by atoms with van der Waals surface area (Å²) in [5.74, 6) is 1.40. The third kappa shape index (κ3) is 3.09. The molecule has 1 N–H and O–H groups in total. The maximum Gasteiger partial charge on any atom is 0.325 e. The van der Waals surface area contributed by atoms with E-state index in [0.29, 0.717) is 36.2 Å². The van der Waals surface area contributed by atoms with Crippen molar-refractivity contribution in [1.82, 2.24) is 10.2 Å². The van der Waals surface area contributed by atoms with Gasteiger partial charge in [0.1, 0.15) is 18.8 Å². The van der Waals surface area contributed by atoms with Gasteiger partial charge in [0.25, 0.3) is 5.91 Å². The van der Waals surface area contributed by atoms with Gasteiger partial charge in [0.2, 0.25) is 0 Å². The second-order valence-corrected chi connectivity index (χ2v) is 7.70. The Kier molecular flexibility index (Phi) is 4.49. The Morgan fingerprint density at radius 1 is 1.04 bits per heavy atom. The van der Waals surface area contributed by atoms with Crippen LogP contribution in [0.1, 0.15) is 43.4 Å². The predicted octanol–water partition coefficient (Wildman–Crippen LogP) is 3.55. The van der Waals surface area contributed by atoms with Gasteiger partial charge in [-0.25, -0.2) is 4.79 Å². The maximum atomic E-state index is 13.2. The molecule has 6 nitrogen and oxygen atoms in total. The molecule has 2 aromatic carbocycles. The SMILES string of the molecule is CC(C)c1ccc(CN2C(=O)NC(C)(c3ccc4c(c3)OCCO4)C2=O)cc1. The van der Waals surface area contributed by atoms with Crippen LogP contribution in [0.2, 0.25) is 0 Å². The Morgan fingerprint density at radius 3 is 2.39 bits per heavy atom. The highest BCUT2D eigenvalue weighted by atomic mass is 16.6. The smallest absolute Gasteiger partial charge is 0.325 e. The Hall–Kier alpha value is -3.02. The Bertz CT molecular complexity index is 923. The molecule has 0 bridgehead atoms. The zero-order valence-electron chi connectivity index (χ0n) is 16.3. The molecule has 1 atom stereocenters. The summed E-state index contributed by atoms with van der Waals surface area (Å²) in [6.45, 7) is 7.19. The highest BCUT2D eigenvalue weighted by molar-refractivity contribution is 6.07. The van der Waals surface area contributed by atoms with Crippen LogP contribution in [0.5, 0.6) is 11.5 Å². The van der Waals surface area contributed by atoms with Crippen molar-refractivity contribution >= 4 is 11.9 Å². The third-order valence-electron chi connectivity index (χ3n) is 5.38. The van der Waals surface area contributed by atoms with Gasteiger partial charge in [-0.3, -0.25) is 9.69 Å². The first kappa shape index (κ1) is 18.3. The molecule has 146 valence electrons. The monoisotopic (exact) mass is 380 g/mol. The molecule has 2 aliphatic rings. The lowest BCUT2D eigenvalue weighted by molar-refractivity contribution is -0.131. The van der Waals surface area contributed by atoms with Gasteiger partial charge in [-0.2, -0.15) is 0 Å². The molecule has 0 aliphatic carbocycles. The van der Waals surface area contributed by atoms with Crippen molar-refractivity contribution in [3.63, 3.8) is 0 Å². The van der Waals surface area contributed by atoms with Gasteiger partial charge in [-0.05, 0) is 41.7 Å². The zero-order chi connectivity index (χ0) is 19.9. The third-order valence-corrected chi connectivity index (χ3v) is 5.38. The van der Waals surface area contributed by atoms with Gasteiger partial charge in [0, 0.05) is 0 Å². The average molecular weight is 380 g/mol. The van der Waals surface area contributed by atoms with Gasteiger partial charge in [0.15, 0.2) is 11.5 Å². The minimum atomic E-state index is -1.13. The molecule has 28 heavy (non-hydrogen) atoms. The van der Waals surface area contributed by atoms with Crippen LogP contribution in [0.3, 0.4) is 0 Å². The summed E-state index contributed by atoms with van der Waals surface area (Å²) >= 11 is 0. The molecule has 0 saturated carbocycles. The quantitative estimate of drug-likeness (QED) is 0.824. The van der Waals surface area contributed by atoms with Crippen molar-refractivity contribution in [1.29, 1.82) is 0 Å². The lowest BCUT2D eigenvalue weighted by atomic mass is 9.91. The van der Waals surface area contributed by atoms with E-state index in [-0.39, 0.29) is 12.5 Å². The molecular formula is C22H24N2O4. The van der Waals surface area contributed by atoms with E-state index in [1.807, 2.05) is 24.3 Å². The molecule has 2 heterocycles. The van der Waals surface area contributed by atoms with Crippen LogP contribution in [-0.4, -0.2) is 30.1 Å². The molecule has 0 aromatic heterocycles. The first-order valence-corrected chi connectivity index (χ1v) is 9.51. The summed E-state index contributed by atoms with van der Waals surface area (Å²) in [6.07, 6.45) is 0. The second-order valence-electron chi connectivity index (χ2n) is 7.70. The standard InChI is InChI=1S/C22H24N2O4/c1-14(2)16-6-4-15(5-7-16)13-24-20(25)22(3,23-21(24)26)17-8-9-18-19(12-17)28-11-10-27-18/h4-9,12,14H,10-11,13H2,1-3H3,(H,23,26). The predicted molar refractivity (Wildman–Crippen MR) is 104 cm³/mol. The van der Waals surface area contributed by atoms with Crippen molar-refractivity contribution in [2.24, 2.45) is 0 Å². The van der Waals surface area contributed by atoms with Crippen LogP contribution < -0.4 is 14.8 Å². The summed E-state index contributed by atoms with van der Waals surface area (Å²) in [7, 11) is 0. The number of fused-ring (bicyclic) bond motifs is 1. The largest absolute Gasteiger partial charge is 0.486 e. The number of imide groups is 1. The number of carbonyl (C=O) groups is 2. The maximum absolute atomic E-state index is 13.2. The molecule has 1 unspecified atom stereocenters. The van der Waals surface area contributed by atoms with Gasteiger partial charge in [-0.15, -0.1) is 0 Å². The fraction of sp³-hybridized carbons (Fsp3) is 0.364. The van der Waals surface area contributed by atoms with E-state index in [0.717, 1.165) is 5.56 Å². The summed E-state index contributed by atoms with van der Waals surface area (Å²) in [6, 6.07) is 13.0. The lowest BCUT2D eigenvalue weighted by Gasteiger charge is -2.25. The summed E-state index contributed by atoms with van der Waals surface area (Å²) in [5, 5.41) is 2.84. The Labute approximate surface area is 164 Å². The molecule has 3 amide bonds. The number of rotatable bonds is 4. The van der Waals surface area contributed by atoms with Crippen LogP contribution in [0, 0.1) is 0 Å². The molecule has 0 radical (unpaired) electrons. The van der Waals surface area contributed by atoms with E-state index in [1.165, 1.54) is 10.5 Å². The summed E-state index contributed by atoms with van der Waals surface area (Å²) < 4.78 is 11.2. The van der Waals surface area contributed by atoms with Gasteiger partial charge >= 0.3 is 6.03 Å². The van der Waals surface area contributed by atoms with Crippen LogP contribution >= 0.6 is 0 Å². The van der Waals surface area contributed by atoms with Crippen molar-refractivity contribution in [2.75, 3.05) is 13.2 Å². The lowest BCUT2D eigenvalue weighted by Crippen LogP contribution is -2.41. The van der Waals surface area contributed by atoms with Crippen LogP contribution in [0.15, 0.2) is 42.5 Å². The average Bonchev–Trinajstić information content (AvgIpc) is 2.92. The van der Waals surface area contributed by atoms with Crippen LogP contribution in [0.4, 0.5) is 4.79 Å². The molecule has 2 aliphatic heterocycles. The van der Waals surface area contributed by atoms with E-state index < -0.39 is 11.6 Å². The molecular weight excluding hydrogens is 356 g/mol. The molecule has 2 aromatic rings. The van der Waals surface area contributed by atoms with Gasteiger partial charge in [-0.1, -0.05) is 44.2 Å². The van der Waals surface area contributed by atoms with E-state index in [1.54, 1.807) is 25.1 Å². The number of hydrogen-bond acceptors (Lipinski definition) is 4. The highest BCUT2D eigenvalue weighted by Gasteiger charge is 2.49. The topological polar surface area (TPSA) is 67.9 Å². The molecule has 0 spiro atoms. The number of hydrogen-bond donors (Lipinski definition) is 1. The Balaban J connectivity index is 1.57. The van der Waals surface area contributed by atoms with Gasteiger partial charge in [0.05, 0.1) is 6.54 Å². The minimum absolute atomic E-state index is 0.239. The van der Waals surface area contributed by atoms with Crippen molar-refractivity contribution in [3.8, 4) is 11.5 Å². The van der Waals surface area contributed by atoms with Crippen LogP contribution in [-0.2, 0) is 16.9 Å². The van der Waals surface area contributed by atoms with E-state index in [2.05, 4.69) is 19.2 Å². The number of benzene rings is 2. The van der Waals surface area contributed by atoms with Gasteiger partial charge < -0.3 is 14.8 Å². The normalized spacial score (nSPS) is 21.2. The van der Waals surface area contributed by atoms with E-state index in [4.69, 9.17) is 9.47 Å². The second kappa shape index (κ2) is 6.86. The number of nitrogens with zero attached hydrogens (tertiary/aromatic N) is 1. The van der Waals surface area contributed by atoms with E-state index >= 15 is 0 Å². The highest BCUT2D eigenvalue weighted by Crippen LogP contribution is 2.37. The fourth-order valence-corrected chi connectivity index (χ4v) is 3.58. The minimum Gasteiger partial charge on any atom is -0.486 e. The molecule has 6 heteroatoms. The number of amides is 3. The molecule has 4 rings (SSSR count). The number of carbonyl (C=O) groups excluding carboxylic acids is 2. The first-order valence-electron chi connectivity index (χ1n) is 9.51. The number of nitrogens with one attached hydrogen (secondary N) is 1. The summed E-state index contributed by atoms with van der Waals surface area (Å²) in [5.41, 5.74) is 1.68. The van der Waals surface area contributed by atoms with Crippen molar-refractivity contribution in [3.05, 3.63) is 59.2 Å². The number of urea groups is 1. The van der Waals surface area contributed by atoms with Crippen molar-refractivity contribution in [2.45, 2.75) is 38.8 Å². The zero-order valence-corrected chi connectivity index (χ0v) is 16.3. The first-order chi connectivity index (χ1) is 13.4. The number of ether oxygens (including phenoxy) is 2. The fourth-order valence-electron chi connectivity index (χ4n) is 3.58. The summed E-state index contributed by atoms with van der Waals surface area (Å²) in [4.78, 5) is 27.0. The Morgan fingerprint density at radius 2 is 1.71 bits per heavy atom. The van der Waals surface area contributed by atoms with E-state index in [9.17, 15) is 9.59 Å². The molecule has 1 saturated heterocycles. The molecule has 1 fully saturated rings. The van der Waals surface area contributed by atoms with Crippen LogP contribution in [0.25, 0.3) is 0 Å².